The van der Waals surface area contributed by atoms with Crippen LogP contribution in [0.1, 0.15) is 13.3 Å². The van der Waals surface area contributed by atoms with E-state index < -0.39 is 8.32 Å². The van der Waals surface area contributed by atoms with Gasteiger partial charge in [-0.05, 0) is 38.7 Å². The molecule has 2 nitrogen and oxygen atoms in total. The molecule has 0 radical (unpaired) electrons. The van der Waals surface area contributed by atoms with E-state index in [0.717, 1.165) is 19.6 Å². The molecule has 0 saturated carbocycles. The quantitative estimate of drug-likeness (QED) is 0.511. The molecular formula is C8H21NOSSi. The summed E-state index contributed by atoms with van der Waals surface area (Å²) in [6, 6.07) is 0. The molecule has 74 valence electrons. The molecule has 0 rings (SSSR count). The van der Waals surface area contributed by atoms with Gasteiger partial charge in [0.1, 0.15) is 0 Å². The lowest BCUT2D eigenvalue weighted by molar-refractivity contribution is 0.334. The molecule has 0 heterocycles. The lowest BCUT2D eigenvalue weighted by atomic mass is 10.5. The van der Waals surface area contributed by atoms with Crippen LogP contribution in [-0.4, -0.2) is 32.6 Å². The maximum absolute atomic E-state index is 5.70. The van der Waals surface area contributed by atoms with E-state index in [1.807, 2.05) is 11.8 Å². The van der Waals surface area contributed by atoms with Gasteiger partial charge in [-0.15, -0.1) is 0 Å². The molecule has 0 unspecified atom stereocenters. The Morgan fingerprint density at radius 2 is 2.08 bits per heavy atom. The molecular weight excluding hydrogens is 186 g/mol. The van der Waals surface area contributed by atoms with Crippen molar-refractivity contribution in [2.45, 2.75) is 26.4 Å². The molecule has 4 heteroatoms. The van der Waals surface area contributed by atoms with Crippen molar-refractivity contribution in [3.63, 3.8) is 0 Å². The highest BCUT2D eigenvalue weighted by molar-refractivity contribution is 8.00. The van der Waals surface area contributed by atoms with Gasteiger partial charge in [0.25, 0.3) is 0 Å². The van der Waals surface area contributed by atoms with E-state index in [4.69, 9.17) is 10.2 Å². The van der Waals surface area contributed by atoms with Crippen molar-refractivity contribution in [1.82, 2.24) is 0 Å². The summed E-state index contributed by atoms with van der Waals surface area (Å²) in [5, 5.41) is 1.20. The number of thioether (sulfide) groups is 1. The average Bonchev–Trinajstić information content (AvgIpc) is 1.98. The van der Waals surface area contributed by atoms with Gasteiger partial charge < -0.3 is 10.2 Å². The minimum Gasteiger partial charge on any atom is -0.417 e. The van der Waals surface area contributed by atoms with Gasteiger partial charge in [-0.3, -0.25) is 0 Å². The first kappa shape index (κ1) is 12.5. The predicted octanol–water partition coefficient (Wildman–Crippen LogP) is 1.85. The Bertz CT molecular complexity index is 111. The van der Waals surface area contributed by atoms with E-state index in [1.165, 1.54) is 11.1 Å². The maximum atomic E-state index is 5.70. The van der Waals surface area contributed by atoms with Gasteiger partial charge in [-0.1, -0.05) is 0 Å². The fourth-order valence-electron chi connectivity index (χ4n) is 0.936. The van der Waals surface area contributed by atoms with Gasteiger partial charge in [0.15, 0.2) is 8.32 Å². The first-order valence-corrected chi connectivity index (χ1v) is 8.81. The smallest absolute Gasteiger partial charge is 0.196 e. The zero-order chi connectivity index (χ0) is 9.45. The van der Waals surface area contributed by atoms with E-state index >= 15 is 0 Å². The maximum Gasteiger partial charge on any atom is 0.196 e. The van der Waals surface area contributed by atoms with Gasteiger partial charge in [0.2, 0.25) is 0 Å². The Kier molecular flexibility index (Phi) is 7.23. The first-order valence-electron chi connectivity index (χ1n) is 4.54. The summed E-state index contributed by atoms with van der Waals surface area (Å²) in [6.07, 6.45) is 1.13. The third-order valence-corrected chi connectivity index (χ3v) is 6.72. The summed E-state index contributed by atoms with van der Waals surface area (Å²) in [7, 11) is -1.33. The Morgan fingerprint density at radius 3 is 2.58 bits per heavy atom. The van der Waals surface area contributed by atoms with Crippen molar-refractivity contribution in [3.8, 4) is 0 Å². The summed E-state index contributed by atoms with van der Waals surface area (Å²) < 4.78 is 5.70. The van der Waals surface area contributed by atoms with E-state index in [2.05, 4.69) is 20.0 Å². The fourth-order valence-corrected chi connectivity index (χ4v) is 4.97. The summed E-state index contributed by atoms with van der Waals surface area (Å²) in [4.78, 5) is 0. The molecule has 0 saturated heterocycles. The zero-order valence-corrected chi connectivity index (χ0v) is 10.2. The highest BCUT2D eigenvalue weighted by Crippen LogP contribution is 2.13. The molecule has 0 spiro atoms. The molecule has 0 aromatic heterocycles. The van der Waals surface area contributed by atoms with Crippen LogP contribution in [0.25, 0.3) is 0 Å². The minimum atomic E-state index is -1.33. The van der Waals surface area contributed by atoms with Crippen molar-refractivity contribution in [2.24, 2.45) is 5.73 Å². The SMILES string of the molecule is CCO[Si](C)(C)CSCCCN. The van der Waals surface area contributed by atoms with E-state index in [0.29, 0.717) is 0 Å². The standard InChI is InChI=1S/C8H21NOSSi/c1-4-10-12(2,3)8-11-7-5-6-9/h4-9H2,1-3H3. The van der Waals surface area contributed by atoms with Crippen LogP contribution in [0.4, 0.5) is 0 Å². The van der Waals surface area contributed by atoms with Crippen LogP contribution in [0.3, 0.4) is 0 Å². The van der Waals surface area contributed by atoms with Crippen molar-refractivity contribution in [1.29, 1.82) is 0 Å². The molecule has 0 bridgehead atoms. The van der Waals surface area contributed by atoms with E-state index in [9.17, 15) is 0 Å². The molecule has 0 aliphatic heterocycles. The van der Waals surface area contributed by atoms with Crippen LogP contribution in [0, 0.1) is 0 Å². The van der Waals surface area contributed by atoms with Crippen molar-refractivity contribution < 1.29 is 4.43 Å². The molecule has 0 fully saturated rings. The van der Waals surface area contributed by atoms with Gasteiger partial charge in [0.05, 0.1) is 0 Å². The molecule has 2 N–H and O–H groups in total. The fraction of sp³-hybridized carbons (Fsp3) is 1.00. The third-order valence-electron chi connectivity index (χ3n) is 1.48. The van der Waals surface area contributed by atoms with E-state index in [1.54, 1.807) is 0 Å². The van der Waals surface area contributed by atoms with Gasteiger partial charge in [0, 0.05) is 12.0 Å². The van der Waals surface area contributed by atoms with Crippen LogP contribution in [0.15, 0.2) is 0 Å². The molecule has 0 aliphatic rings. The summed E-state index contributed by atoms with van der Waals surface area (Å²) in [5.41, 5.74) is 5.40. The Morgan fingerprint density at radius 1 is 1.42 bits per heavy atom. The number of hydrogen-bond donors (Lipinski definition) is 1. The van der Waals surface area contributed by atoms with Crippen molar-refractivity contribution >= 4 is 20.1 Å². The molecule has 0 aromatic carbocycles. The van der Waals surface area contributed by atoms with Crippen LogP contribution >= 0.6 is 11.8 Å². The largest absolute Gasteiger partial charge is 0.417 e. The molecule has 0 amide bonds. The molecule has 0 aliphatic carbocycles. The monoisotopic (exact) mass is 207 g/mol. The summed E-state index contributed by atoms with van der Waals surface area (Å²) in [6.45, 7) is 8.28. The second-order valence-electron chi connectivity index (χ2n) is 3.39. The lowest BCUT2D eigenvalue weighted by Gasteiger charge is -2.21. The second kappa shape index (κ2) is 6.94. The normalized spacial score (nSPS) is 12.0. The first-order chi connectivity index (χ1) is 5.62. The Hall–Kier alpha value is 0.487. The number of nitrogens with two attached hydrogens (primary N) is 1. The number of rotatable bonds is 7. The Balaban J connectivity index is 3.33. The van der Waals surface area contributed by atoms with Crippen molar-refractivity contribution in [2.75, 3.05) is 24.3 Å². The van der Waals surface area contributed by atoms with Gasteiger partial charge in [-0.25, -0.2) is 0 Å². The highest BCUT2D eigenvalue weighted by atomic mass is 32.2. The van der Waals surface area contributed by atoms with Crippen LogP contribution in [-0.2, 0) is 4.43 Å². The summed E-state index contributed by atoms with van der Waals surface area (Å²) >= 11 is 1.98. The van der Waals surface area contributed by atoms with Gasteiger partial charge >= 0.3 is 0 Å². The third kappa shape index (κ3) is 7.15. The molecule has 0 atom stereocenters. The van der Waals surface area contributed by atoms with Crippen LogP contribution in [0.2, 0.25) is 13.1 Å². The van der Waals surface area contributed by atoms with Crippen LogP contribution in [0.5, 0.6) is 0 Å². The van der Waals surface area contributed by atoms with Crippen LogP contribution < -0.4 is 5.73 Å². The van der Waals surface area contributed by atoms with Gasteiger partial charge in [-0.2, -0.15) is 11.8 Å². The zero-order valence-electron chi connectivity index (χ0n) is 8.43. The predicted molar refractivity (Wildman–Crippen MR) is 60.1 cm³/mol. The van der Waals surface area contributed by atoms with Crippen molar-refractivity contribution in [3.05, 3.63) is 0 Å². The topological polar surface area (TPSA) is 35.2 Å². The molecule has 12 heavy (non-hydrogen) atoms. The lowest BCUT2D eigenvalue weighted by Crippen LogP contribution is -2.34. The second-order valence-corrected chi connectivity index (χ2v) is 9.17. The average molecular weight is 207 g/mol. The minimum absolute atomic E-state index is 0.809. The van der Waals surface area contributed by atoms with E-state index in [-0.39, 0.29) is 0 Å². The molecule has 0 aromatic rings. The Labute approximate surface area is 81.4 Å². The highest BCUT2D eigenvalue weighted by Gasteiger charge is 2.20. The number of hydrogen-bond acceptors (Lipinski definition) is 3. The summed E-state index contributed by atoms with van der Waals surface area (Å²) in [5.74, 6) is 1.18.